The summed E-state index contributed by atoms with van der Waals surface area (Å²) >= 11 is 11.5. The Kier molecular flexibility index (Phi) is 3.78. The minimum absolute atomic E-state index is 0.0710. The summed E-state index contributed by atoms with van der Waals surface area (Å²) in [5, 5.41) is 11.1. The summed E-state index contributed by atoms with van der Waals surface area (Å²) in [6.07, 6.45) is 0. The molecule has 0 aliphatic carbocycles. The molecule has 0 saturated heterocycles. The van der Waals surface area contributed by atoms with Crippen LogP contribution < -0.4 is 11.1 Å². The minimum Gasteiger partial charge on any atom is -0.396 e. The van der Waals surface area contributed by atoms with Gasteiger partial charge in [0.1, 0.15) is 6.54 Å². The maximum Gasteiger partial charge on any atom is 0.252 e. The van der Waals surface area contributed by atoms with Crippen molar-refractivity contribution in [2.24, 2.45) is 0 Å². The second kappa shape index (κ2) is 4.87. The molecule has 1 rings (SSSR count). The number of amides is 1. The SMILES string of the molecule is N#CCNC(=O)c1cc(Cl)c(N)c(Cl)c1. The molecule has 0 aliphatic heterocycles. The van der Waals surface area contributed by atoms with E-state index >= 15 is 0 Å². The zero-order chi connectivity index (χ0) is 11.4. The maximum atomic E-state index is 11.4. The van der Waals surface area contributed by atoms with E-state index in [2.05, 4.69) is 5.32 Å². The maximum absolute atomic E-state index is 11.4. The van der Waals surface area contributed by atoms with Crippen LogP contribution in [-0.4, -0.2) is 12.5 Å². The molecule has 0 bridgehead atoms. The van der Waals surface area contributed by atoms with Gasteiger partial charge in [-0.25, -0.2) is 0 Å². The van der Waals surface area contributed by atoms with Gasteiger partial charge in [0, 0.05) is 5.56 Å². The molecule has 0 atom stereocenters. The van der Waals surface area contributed by atoms with Gasteiger partial charge >= 0.3 is 0 Å². The number of rotatable bonds is 2. The van der Waals surface area contributed by atoms with Gasteiger partial charge in [0.15, 0.2) is 0 Å². The van der Waals surface area contributed by atoms with Gasteiger partial charge in [0.25, 0.3) is 5.91 Å². The van der Waals surface area contributed by atoms with E-state index in [0.717, 1.165) is 0 Å². The molecule has 1 aromatic rings. The van der Waals surface area contributed by atoms with Crippen molar-refractivity contribution in [3.05, 3.63) is 27.7 Å². The molecular weight excluding hydrogens is 237 g/mol. The van der Waals surface area contributed by atoms with Crippen LogP contribution >= 0.6 is 23.2 Å². The van der Waals surface area contributed by atoms with Gasteiger partial charge in [0.05, 0.1) is 21.8 Å². The number of nitrogens with one attached hydrogen (secondary N) is 1. The van der Waals surface area contributed by atoms with Gasteiger partial charge in [0.2, 0.25) is 0 Å². The summed E-state index contributed by atoms with van der Waals surface area (Å²) in [5.41, 5.74) is 6.01. The molecule has 0 fully saturated rings. The quantitative estimate of drug-likeness (QED) is 0.615. The Morgan fingerprint density at radius 3 is 2.47 bits per heavy atom. The van der Waals surface area contributed by atoms with Gasteiger partial charge in [-0.1, -0.05) is 23.2 Å². The number of benzene rings is 1. The molecule has 0 spiro atoms. The van der Waals surface area contributed by atoms with E-state index in [1.54, 1.807) is 6.07 Å². The van der Waals surface area contributed by atoms with E-state index in [4.69, 9.17) is 34.2 Å². The molecule has 1 amide bonds. The Morgan fingerprint density at radius 2 is 2.00 bits per heavy atom. The van der Waals surface area contributed by atoms with Crippen molar-refractivity contribution in [1.82, 2.24) is 5.32 Å². The van der Waals surface area contributed by atoms with Gasteiger partial charge < -0.3 is 11.1 Å². The molecule has 1 aromatic carbocycles. The first kappa shape index (κ1) is 11.6. The number of hydrogen-bond acceptors (Lipinski definition) is 3. The lowest BCUT2D eigenvalue weighted by atomic mass is 10.2. The van der Waals surface area contributed by atoms with Crippen molar-refractivity contribution >= 4 is 34.8 Å². The Hall–Kier alpha value is -1.44. The van der Waals surface area contributed by atoms with Crippen LogP contribution in [0.1, 0.15) is 10.4 Å². The third kappa shape index (κ3) is 2.75. The number of nitrogens with zero attached hydrogens (tertiary/aromatic N) is 1. The Labute approximate surface area is 96.6 Å². The highest BCUT2D eigenvalue weighted by molar-refractivity contribution is 6.39. The molecule has 0 unspecified atom stereocenters. The van der Waals surface area contributed by atoms with E-state index in [-0.39, 0.29) is 27.8 Å². The number of nitrogens with two attached hydrogens (primary N) is 1. The minimum atomic E-state index is -0.416. The normalized spacial score (nSPS) is 9.40. The van der Waals surface area contributed by atoms with Crippen molar-refractivity contribution in [1.29, 1.82) is 5.26 Å². The van der Waals surface area contributed by atoms with Gasteiger partial charge in [-0.2, -0.15) is 5.26 Å². The molecule has 6 heteroatoms. The van der Waals surface area contributed by atoms with Gasteiger partial charge in [-0.05, 0) is 12.1 Å². The second-order valence-corrected chi connectivity index (χ2v) is 3.51. The lowest BCUT2D eigenvalue weighted by Gasteiger charge is -2.05. The highest BCUT2D eigenvalue weighted by Crippen LogP contribution is 2.28. The number of carbonyl (C=O) groups excluding carboxylic acids is 1. The highest BCUT2D eigenvalue weighted by atomic mass is 35.5. The molecule has 3 N–H and O–H groups in total. The zero-order valence-electron chi connectivity index (χ0n) is 7.55. The smallest absolute Gasteiger partial charge is 0.252 e. The van der Waals surface area contributed by atoms with Crippen molar-refractivity contribution in [3.8, 4) is 6.07 Å². The van der Waals surface area contributed by atoms with Crippen LogP contribution in [0.5, 0.6) is 0 Å². The molecule has 0 saturated carbocycles. The number of nitriles is 1. The zero-order valence-corrected chi connectivity index (χ0v) is 9.06. The Bertz CT molecular complexity index is 416. The summed E-state index contributed by atoms with van der Waals surface area (Å²) in [7, 11) is 0. The molecule has 0 radical (unpaired) electrons. The monoisotopic (exact) mass is 243 g/mol. The average Bonchev–Trinajstić information content (AvgIpc) is 2.21. The third-order valence-corrected chi connectivity index (χ3v) is 2.29. The molecule has 4 nitrogen and oxygen atoms in total. The summed E-state index contributed by atoms with van der Waals surface area (Å²) < 4.78 is 0. The molecule has 15 heavy (non-hydrogen) atoms. The first-order valence-corrected chi connectivity index (χ1v) is 4.71. The Morgan fingerprint density at radius 1 is 1.47 bits per heavy atom. The van der Waals surface area contributed by atoms with Crippen LogP contribution in [0.2, 0.25) is 10.0 Å². The van der Waals surface area contributed by atoms with E-state index in [1.165, 1.54) is 12.1 Å². The van der Waals surface area contributed by atoms with Gasteiger partial charge in [-0.15, -0.1) is 0 Å². The fraction of sp³-hybridized carbons (Fsp3) is 0.111. The standard InChI is InChI=1S/C9H7Cl2N3O/c10-6-3-5(4-7(11)8(6)13)9(15)14-2-1-12/h3-4H,2,13H2,(H,14,15). The third-order valence-electron chi connectivity index (χ3n) is 1.67. The molecule has 0 heterocycles. The van der Waals surface area contributed by atoms with E-state index in [1.807, 2.05) is 0 Å². The van der Waals surface area contributed by atoms with E-state index in [9.17, 15) is 4.79 Å². The summed E-state index contributed by atoms with van der Waals surface area (Å²) in [6.45, 7) is -0.0710. The fourth-order valence-corrected chi connectivity index (χ4v) is 1.42. The largest absolute Gasteiger partial charge is 0.396 e. The van der Waals surface area contributed by atoms with Crippen LogP contribution in [0, 0.1) is 11.3 Å². The highest BCUT2D eigenvalue weighted by Gasteiger charge is 2.10. The average molecular weight is 244 g/mol. The summed E-state index contributed by atoms with van der Waals surface area (Å²) in [5.74, 6) is -0.416. The number of anilines is 1. The Balaban J connectivity index is 2.97. The van der Waals surface area contributed by atoms with Crippen LogP contribution in [0.25, 0.3) is 0 Å². The summed E-state index contributed by atoms with van der Waals surface area (Å²) in [6, 6.07) is 4.58. The summed E-state index contributed by atoms with van der Waals surface area (Å²) in [4.78, 5) is 11.4. The van der Waals surface area contributed by atoms with E-state index in [0.29, 0.717) is 0 Å². The van der Waals surface area contributed by atoms with Crippen LogP contribution in [0.4, 0.5) is 5.69 Å². The van der Waals surface area contributed by atoms with Crippen molar-refractivity contribution < 1.29 is 4.79 Å². The number of halogens is 2. The molecule has 0 aromatic heterocycles. The number of carbonyl (C=O) groups is 1. The van der Waals surface area contributed by atoms with Crippen LogP contribution in [0.15, 0.2) is 12.1 Å². The fourth-order valence-electron chi connectivity index (χ4n) is 0.937. The number of nitrogen functional groups attached to an aromatic ring is 1. The van der Waals surface area contributed by atoms with Crippen molar-refractivity contribution in [2.45, 2.75) is 0 Å². The molecular formula is C9H7Cl2N3O. The van der Waals surface area contributed by atoms with Crippen molar-refractivity contribution in [2.75, 3.05) is 12.3 Å². The van der Waals surface area contributed by atoms with Crippen molar-refractivity contribution in [3.63, 3.8) is 0 Å². The van der Waals surface area contributed by atoms with E-state index < -0.39 is 5.91 Å². The van der Waals surface area contributed by atoms with Gasteiger partial charge in [-0.3, -0.25) is 4.79 Å². The first-order chi connectivity index (χ1) is 7.06. The first-order valence-electron chi connectivity index (χ1n) is 3.96. The second-order valence-electron chi connectivity index (χ2n) is 2.69. The predicted octanol–water partition coefficient (Wildman–Crippen LogP) is 1.83. The van der Waals surface area contributed by atoms with Crippen LogP contribution in [0.3, 0.4) is 0 Å². The predicted molar refractivity (Wildman–Crippen MR) is 58.8 cm³/mol. The lowest BCUT2D eigenvalue weighted by molar-refractivity contribution is 0.0958. The lowest BCUT2D eigenvalue weighted by Crippen LogP contribution is -2.23. The van der Waals surface area contributed by atoms with Crippen LogP contribution in [-0.2, 0) is 0 Å². The number of hydrogen-bond donors (Lipinski definition) is 2. The topological polar surface area (TPSA) is 78.9 Å². The molecule has 0 aliphatic rings. The molecule has 78 valence electrons.